The Morgan fingerprint density at radius 2 is 2.00 bits per heavy atom. The minimum atomic E-state index is -0.537. The Balaban J connectivity index is 1.59. The van der Waals surface area contributed by atoms with Gasteiger partial charge in [-0.05, 0) is 61.1 Å². The van der Waals surface area contributed by atoms with Crippen molar-refractivity contribution in [3.8, 4) is 11.5 Å². The summed E-state index contributed by atoms with van der Waals surface area (Å²) in [6, 6.07) is 9.53. The lowest BCUT2D eigenvalue weighted by atomic mass is 10.0. The van der Waals surface area contributed by atoms with Gasteiger partial charge in [-0.25, -0.2) is 4.39 Å². The van der Waals surface area contributed by atoms with Gasteiger partial charge in [-0.15, -0.1) is 0 Å². The number of halogens is 1. The second kappa shape index (κ2) is 7.62. The molecule has 2 N–H and O–H groups in total. The second-order valence-electron chi connectivity index (χ2n) is 7.58. The summed E-state index contributed by atoms with van der Waals surface area (Å²) in [5.74, 6) is 0.282. The number of amides is 1. The normalized spacial score (nSPS) is 13.4. The van der Waals surface area contributed by atoms with Crippen molar-refractivity contribution in [3.05, 3.63) is 65.1 Å². The number of primary amides is 1. The van der Waals surface area contributed by atoms with E-state index in [2.05, 4.69) is 4.98 Å². The van der Waals surface area contributed by atoms with E-state index in [0.717, 1.165) is 18.4 Å². The molecule has 6 heteroatoms. The molecule has 4 rings (SSSR count). The third-order valence-electron chi connectivity index (χ3n) is 5.17. The molecule has 0 saturated heterocycles. The maximum Gasteiger partial charge on any atom is 0.248 e. The first-order valence-corrected chi connectivity index (χ1v) is 9.58. The molecule has 1 saturated carbocycles. The average molecular weight is 392 g/mol. The average Bonchev–Trinajstić information content (AvgIpc) is 3.47. The molecule has 2 aromatic carbocycles. The van der Waals surface area contributed by atoms with Crippen molar-refractivity contribution >= 4 is 22.6 Å². The summed E-state index contributed by atoms with van der Waals surface area (Å²) >= 11 is 0. The number of carbonyl (C=O) groups is 2. The Bertz CT molecular complexity index is 1120. The van der Waals surface area contributed by atoms with Gasteiger partial charge in [-0.1, -0.05) is 6.07 Å². The van der Waals surface area contributed by atoms with E-state index in [4.69, 9.17) is 10.5 Å². The Morgan fingerprint density at radius 1 is 1.21 bits per heavy atom. The third kappa shape index (κ3) is 4.26. The zero-order valence-corrected chi connectivity index (χ0v) is 16.1. The molecule has 0 atom stereocenters. The van der Waals surface area contributed by atoms with Crippen LogP contribution in [-0.2, 0) is 11.2 Å². The van der Waals surface area contributed by atoms with Crippen molar-refractivity contribution in [2.75, 3.05) is 0 Å². The van der Waals surface area contributed by atoms with Gasteiger partial charge in [0, 0.05) is 36.1 Å². The van der Waals surface area contributed by atoms with Crippen LogP contribution in [0.25, 0.3) is 10.9 Å². The number of ketones is 1. The van der Waals surface area contributed by atoms with Crippen LogP contribution in [-0.4, -0.2) is 16.7 Å². The van der Waals surface area contributed by atoms with E-state index < -0.39 is 11.7 Å². The maximum atomic E-state index is 14.5. The van der Waals surface area contributed by atoms with E-state index in [1.807, 2.05) is 0 Å². The quantitative estimate of drug-likeness (QED) is 0.642. The number of ether oxygens (including phenoxy) is 1. The van der Waals surface area contributed by atoms with Gasteiger partial charge in [0.2, 0.25) is 5.91 Å². The molecule has 3 aromatic rings. The molecule has 0 unspecified atom stereocenters. The molecular formula is C23H21FN2O3. The highest BCUT2D eigenvalue weighted by atomic mass is 19.1. The topological polar surface area (TPSA) is 82.3 Å². The first-order chi connectivity index (χ1) is 13.9. The summed E-state index contributed by atoms with van der Waals surface area (Å²) in [6.07, 6.45) is 4.41. The lowest BCUT2D eigenvalue weighted by Gasteiger charge is -2.12. The van der Waals surface area contributed by atoms with E-state index >= 15 is 0 Å². The number of aromatic nitrogens is 1. The molecule has 1 amide bonds. The number of aryl methyl sites for hydroxylation is 1. The Morgan fingerprint density at radius 3 is 2.69 bits per heavy atom. The number of rotatable bonds is 7. The molecule has 1 aliphatic carbocycles. The predicted octanol–water partition coefficient (Wildman–Crippen LogP) is 4.49. The van der Waals surface area contributed by atoms with Gasteiger partial charge >= 0.3 is 0 Å². The van der Waals surface area contributed by atoms with Gasteiger partial charge in [-0.3, -0.25) is 14.6 Å². The molecular weight excluding hydrogens is 371 g/mol. The number of benzene rings is 2. The number of pyridine rings is 1. The molecule has 1 fully saturated rings. The van der Waals surface area contributed by atoms with E-state index in [1.54, 1.807) is 43.5 Å². The SMILES string of the molecule is Cc1cc2nccc(Oc3ccc(CC(=O)CC4CC4)c(F)c3)c2cc1C(N)=O. The number of nitrogens with zero attached hydrogens (tertiary/aromatic N) is 1. The number of carbonyl (C=O) groups excluding carboxylic acids is 2. The molecule has 29 heavy (non-hydrogen) atoms. The summed E-state index contributed by atoms with van der Waals surface area (Å²) in [4.78, 5) is 28.0. The highest BCUT2D eigenvalue weighted by molar-refractivity contribution is 5.99. The number of nitrogens with two attached hydrogens (primary N) is 1. The summed E-state index contributed by atoms with van der Waals surface area (Å²) in [5.41, 5.74) is 7.56. The molecule has 0 spiro atoms. The molecule has 1 aliphatic rings. The zero-order valence-electron chi connectivity index (χ0n) is 16.1. The Hall–Kier alpha value is -3.28. The van der Waals surface area contributed by atoms with E-state index in [0.29, 0.717) is 45.9 Å². The second-order valence-corrected chi connectivity index (χ2v) is 7.58. The van der Waals surface area contributed by atoms with Crippen molar-refractivity contribution < 1.29 is 18.7 Å². The van der Waals surface area contributed by atoms with Gasteiger partial charge < -0.3 is 10.5 Å². The Labute approximate surface area is 167 Å². The van der Waals surface area contributed by atoms with Crippen molar-refractivity contribution in [2.45, 2.75) is 32.6 Å². The summed E-state index contributed by atoms with van der Waals surface area (Å²) in [6.45, 7) is 1.79. The smallest absolute Gasteiger partial charge is 0.248 e. The lowest BCUT2D eigenvalue weighted by molar-refractivity contribution is -0.118. The first kappa shape index (κ1) is 19.1. The highest BCUT2D eigenvalue weighted by Crippen LogP contribution is 2.34. The van der Waals surface area contributed by atoms with Crippen molar-refractivity contribution in [2.24, 2.45) is 11.7 Å². The molecule has 1 heterocycles. The monoisotopic (exact) mass is 392 g/mol. The summed E-state index contributed by atoms with van der Waals surface area (Å²) in [7, 11) is 0. The number of hydrogen-bond donors (Lipinski definition) is 1. The van der Waals surface area contributed by atoms with Crippen LogP contribution in [0.1, 0.15) is 40.7 Å². The van der Waals surface area contributed by atoms with Crippen LogP contribution < -0.4 is 10.5 Å². The molecule has 148 valence electrons. The minimum absolute atomic E-state index is 0.0644. The Kier molecular flexibility index (Phi) is 5.01. The fourth-order valence-electron chi connectivity index (χ4n) is 3.42. The highest BCUT2D eigenvalue weighted by Gasteiger charge is 2.24. The number of fused-ring (bicyclic) bond motifs is 1. The summed E-state index contributed by atoms with van der Waals surface area (Å²) in [5, 5.41) is 0.607. The number of Topliss-reactive ketones (excluding diaryl/α,β-unsaturated/α-hetero) is 1. The van der Waals surface area contributed by atoms with Crippen molar-refractivity contribution in [1.82, 2.24) is 4.98 Å². The predicted molar refractivity (Wildman–Crippen MR) is 108 cm³/mol. The van der Waals surface area contributed by atoms with Crippen LogP contribution in [0.15, 0.2) is 42.6 Å². The fourth-order valence-corrected chi connectivity index (χ4v) is 3.42. The van der Waals surface area contributed by atoms with E-state index in [1.165, 1.54) is 6.07 Å². The molecule has 0 aliphatic heterocycles. The minimum Gasteiger partial charge on any atom is -0.456 e. The lowest BCUT2D eigenvalue weighted by Crippen LogP contribution is -2.12. The van der Waals surface area contributed by atoms with E-state index in [9.17, 15) is 14.0 Å². The summed E-state index contributed by atoms with van der Waals surface area (Å²) < 4.78 is 20.4. The van der Waals surface area contributed by atoms with Gasteiger partial charge in [-0.2, -0.15) is 0 Å². The molecule has 1 aromatic heterocycles. The van der Waals surface area contributed by atoms with Crippen LogP contribution in [0.4, 0.5) is 4.39 Å². The van der Waals surface area contributed by atoms with Gasteiger partial charge in [0.25, 0.3) is 0 Å². The number of hydrogen-bond acceptors (Lipinski definition) is 4. The molecule has 0 bridgehead atoms. The van der Waals surface area contributed by atoms with Crippen LogP contribution in [0.5, 0.6) is 11.5 Å². The standard InChI is InChI=1S/C23H21FN2O3/c1-13-8-21-19(12-18(13)23(25)28)22(6-7-26-21)29-17-5-4-15(20(24)11-17)10-16(27)9-14-2-3-14/h4-8,11-12,14H,2-3,9-10H2,1H3,(H2,25,28). The van der Waals surface area contributed by atoms with Crippen LogP contribution >= 0.6 is 0 Å². The van der Waals surface area contributed by atoms with E-state index in [-0.39, 0.29) is 12.2 Å². The molecule has 5 nitrogen and oxygen atoms in total. The van der Waals surface area contributed by atoms with Crippen LogP contribution in [0.3, 0.4) is 0 Å². The van der Waals surface area contributed by atoms with Gasteiger partial charge in [0.15, 0.2) is 0 Å². The largest absolute Gasteiger partial charge is 0.456 e. The third-order valence-corrected chi connectivity index (χ3v) is 5.17. The van der Waals surface area contributed by atoms with Crippen LogP contribution in [0, 0.1) is 18.7 Å². The molecule has 0 radical (unpaired) electrons. The maximum absolute atomic E-state index is 14.5. The van der Waals surface area contributed by atoms with Gasteiger partial charge in [0.1, 0.15) is 23.1 Å². The fraction of sp³-hybridized carbons (Fsp3) is 0.261. The van der Waals surface area contributed by atoms with Crippen molar-refractivity contribution in [3.63, 3.8) is 0 Å². The first-order valence-electron chi connectivity index (χ1n) is 9.58. The van der Waals surface area contributed by atoms with Crippen LogP contribution in [0.2, 0.25) is 0 Å². The zero-order chi connectivity index (χ0) is 20.5. The van der Waals surface area contributed by atoms with Crippen molar-refractivity contribution in [1.29, 1.82) is 0 Å². The van der Waals surface area contributed by atoms with Gasteiger partial charge in [0.05, 0.1) is 5.52 Å².